The van der Waals surface area contributed by atoms with Crippen molar-refractivity contribution in [3.05, 3.63) is 0 Å². The number of hydrogen-bond donors (Lipinski definition) is 1. The molecule has 0 heterocycles. The topological polar surface area (TPSA) is 46.2 Å². The van der Waals surface area contributed by atoms with E-state index in [9.17, 15) is 9.59 Å². The minimum absolute atomic E-state index is 0.111. The molecule has 0 fully saturated rings. The second kappa shape index (κ2) is 9.37. The highest BCUT2D eigenvalue weighted by Gasteiger charge is 2.06. The molecule has 0 aromatic rings. The van der Waals surface area contributed by atoms with Gasteiger partial charge in [-0.25, -0.2) is 0 Å². The summed E-state index contributed by atoms with van der Waals surface area (Å²) >= 11 is 0. The van der Waals surface area contributed by atoms with Crippen molar-refractivity contribution in [2.75, 3.05) is 6.54 Å². The van der Waals surface area contributed by atoms with E-state index in [4.69, 9.17) is 0 Å². The molecule has 0 bridgehead atoms. The van der Waals surface area contributed by atoms with E-state index in [1.165, 1.54) is 0 Å². The number of Topliss-reactive ketones (excluding diaryl/α,β-unsaturated/α-hetero) is 1. The van der Waals surface area contributed by atoms with Gasteiger partial charge in [0.2, 0.25) is 5.91 Å². The Morgan fingerprint density at radius 1 is 1.06 bits per heavy atom. The van der Waals surface area contributed by atoms with Gasteiger partial charge in [-0.15, -0.1) is 0 Å². The lowest BCUT2D eigenvalue weighted by atomic mass is 10.0. The van der Waals surface area contributed by atoms with Gasteiger partial charge in [0.15, 0.2) is 0 Å². The average molecular weight is 227 g/mol. The molecule has 0 aliphatic rings. The summed E-state index contributed by atoms with van der Waals surface area (Å²) in [6.07, 6.45) is 5.16. The first-order valence-electron chi connectivity index (χ1n) is 6.37. The SMILES string of the molecule is CCCCCC(=O)NCCCC(=O)C(C)C. The largest absolute Gasteiger partial charge is 0.356 e. The molecule has 1 amide bonds. The van der Waals surface area contributed by atoms with Crippen molar-refractivity contribution in [2.24, 2.45) is 5.92 Å². The Morgan fingerprint density at radius 2 is 1.75 bits per heavy atom. The number of amides is 1. The molecule has 3 nitrogen and oxygen atoms in total. The van der Waals surface area contributed by atoms with Crippen LogP contribution in [0.2, 0.25) is 0 Å². The van der Waals surface area contributed by atoms with E-state index in [0.717, 1.165) is 25.7 Å². The Kier molecular flexibility index (Phi) is 8.87. The molecule has 0 aromatic carbocycles. The predicted octanol–water partition coefficient (Wildman–Crippen LogP) is 2.69. The van der Waals surface area contributed by atoms with Gasteiger partial charge in [0.25, 0.3) is 0 Å². The summed E-state index contributed by atoms with van der Waals surface area (Å²) in [6, 6.07) is 0. The van der Waals surface area contributed by atoms with Crippen LogP contribution in [-0.4, -0.2) is 18.2 Å². The fraction of sp³-hybridized carbons (Fsp3) is 0.846. The molecule has 0 radical (unpaired) electrons. The standard InChI is InChI=1S/C13H25NO2/c1-4-5-6-9-13(16)14-10-7-8-12(15)11(2)3/h11H,4-10H2,1-3H3,(H,14,16). The Bertz CT molecular complexity index is 212. The maximum absolute atomic E-state index is 11.3. The molecule has 1 N–H and O–H groups in total. The van der Waals surface area contributed by atoms with Gasteiger partial charge in [-0.1, -0.05) is 33.6 Å². The van der Waals surface area contributed by atoms with Crippen LogP contribution >= 0.6 is 0 Å². The van der Waals surface area contributed by atoms with Gasteiger partial charge in [-0.2, -0.15) is 0 Å². The van der Waals surface area contributed by atoms with Gasteiger partial charge in [-0.05, 0) is 12.8 Å². The fourth-order valence-corrected chi connectivity index (χ4v) is 1.40. The van der Waals surface area contributed by atoms with Crippen molar-refractivity contribution < 1.29 is 9.59 Å². The van der Waals surface area contributed by atoms with Crippen LogP contribution in [0.1, 0.15) is 59.3 Å². The van der Waals surface area contributed by atoms with Gasteiger partial charge in [-0.3, -0.25) is 9.59 Å². The van der Waals surface area contributed by atoms with E-state index in [0.29, 0.717) is 19.4 Å². The van der Waals surface area contributed by atoms with Crippen LogP contribution in [-0.2, 0) is 9.59 Å². The molecule has 16 heavy (non-hydrogen) atoms. The summed E-state index contributed by atoms with van der Waals surface area (Å²) in [4.78, 5) is 22.6. The Labute approximate surface area is 99.0 Å². The maximum Gasteiger partial charge on any atom is 0.219 e. The molecule has 0 atom stereocenters. The molecular formula is C13H25NO2. The monoisotopic (exact) mass is 227 g/mol. The van der Waals surface area contributed by atoms with Crippen LogP contribution in [0, 0.1) is 5.92 Å². The maximum atomic E-state index is 11.3. The molecule has 0 saturated heterocycles. The van der Waals surface area contributed by atoms with Crippen LogP contribution in [0.25, 0.3) is 0 Å². The quantitative estimate of drug-likeness (QED) is 0.616. The molecule has 0 aliphatic carbocycles. The summed E-state index contributed by atoms with van der Waals surface area (Å²) in [7, 11) is 0. The third kappa shape index (κ3) is 8.45. The zero-order valence-electron chi connectivity index (χ0n) is 10.8. The third-order valence-electron chi connectivity index (χ3n) is 2.57. The zero-order chi connectivity index (χ0) is 12.4. The highest BCUT2D eigenvalue weighted by atomic mass is 16.1. The number of carbonyl (C=O) groups is 2. The summed E-state index contributed by atoms with van der Waals surface area (Å²) in [6.45, 7) is 6.57. The molecule has 0 aromatic heterocycles. The van der Waals surface area contributed by atoms with E-state index in [1.807, 2.05) is 13.8 Å². The van der Waals surface area contributed by atoms with E-state index in [1.54, 1.807) is 0 Å². The number of unbranched alkanes of at least 4 members (excludes halogenated alkanes) is 2. The average Bonchev–Trinajstić information content (AvgIpc) is 2.24. The normalized spacial score (nSPS) is 10.5. The van der Waals surface area contributed by atoms with Crippen LogP contribution in [0.15, 0.2) is 0 Å². The third-order valence-corrected chi connectivity index (χ3v) is 2.57. The molecular weight excluding hydrogens is 202 g/mol. The smallest absolute Gasteiger partial charge is 0.219 e. The molecule has 0 unspecified atom stereocenters. The number of nitrogens with one attached hydrogen (secondary N) is 1. The zero-order valence-corrected chi connectivity index (χ0v) is 10.8. The lowest BCUT2D eigenvalue weighted by molar-refractivity contribution is -0.123. The summed E-state index contributed by atoms with van der Waals surface area (Å²) in [5, 5.41) is 2.84. The summed E-state index contributed by atoms with van der Waals surface area (Å²) < 4.78 is 0. The molecule has 94 valence electrons. The molecule has 0 rings (SSSR count). The van der Waals surface area contributed by atoms with Crippen molar-refractivity contribution in [1.29, 1.82) is 0 Å². The van der Waals surface area contributed by atoms with Gasteiger partial charge in [0, 0.05) is 25.3 Å². The Hall–Kier alpha value is -0.860. The molecule has 0 saturated carbocycles. The van der Waals surface area contributed by atoms with E-state index >= 15 is 0 Å². The molecule has 0 aliphatic heterocycles. The van der Waals surface area contributed by atoms with Gasteiger partial charge in [0.05, 0.1) is 0 Å². The van der Waals surface area contributed by atoms with E-state index < -0.39 is 0 Å². The number of hydrogen-bond acceptors (Lipinski definition) is 2. The van der Waals surface area contributed by atoms with E-state index in [-0.39, 0.29) is 17.6 Å². The van der Waals surface area contributed by atoms with Gasteiger partial charge >= 0.3 is 0 Å². The second-order valence-corrected chi connectivity index (χ2v) is 4.53. The first-order chi connectivity index (χ1) is 7.57. The van der Waals surface area contributed by atoms with Crippen LogP contribution in [0.5, 0.6) is 0 Å². The van der Waals surface area contributed by atoms with Crippen LogP contribution < -0.4 is 5.32 Å². The number of ketones is 1. The highest BCUT2D eigenvalue weighted by molar-refractivity contribution is 5.80. The minimum atomic E-state index is 0.111. The number of rotatable bonds is 9. The lowest BCUT2D eigenvalue weighted by Gasteiger charge is -2.06. The summed E-state index contributed by atoms with van der Waals surface area (Å²) in [5.41, 5.74) is 0. The minimum Gasteiger partial charge on any atom is -0.356 e. The molecule has 0 spiro atoms. The lowest BCUT2D eigenvalue weighted by Crippen LogP contribution is -2.24. The van der Waals surface area contributed by atoms with Crippen molar-refractivity contribution in [3.63, 3.8) is 0 Å². The molecule has 3 heteroatoms. The highest BCUT2D eigenvalue weighted by Crippen LogP contribution is 2.01. The summed E-state index contributed by atoms with van der Waals surface area (Å²) in [5.74, 6) is 0.505. The van der Waals surface area contributed by atoms with Crippen molar-refractivity contribution in [3.8, 4) is 0 Å². The second-order valence-electron chi connectivity index (χ2n) is 4.53. The van der Waals surface area contributed by atoms with Crippen molar-refractivity contribution >= 4 is 11.7 Å². The van der Waals surface area contributed by atoms with Gasteiger partial charge < -0.3 is 5.32 Å². The van der Waals surface area contributed by atoms with E-state index in [2.05, 4.69) is 12.2 Å². The van der Waals surface area contributed by atoms with Crippen LogP contribution in [0.4, 0.5) is 0 Å². The Balaban J connectivity index is 3.37. The predicted molar refractivity (Wildman–Crippen MR) is 66.2 cm³/mol. The van der Waals surface area contributed by atoms with Crippen molar-refractivity contribution in [1.82, 2.24) is 5.32 Å². The van der Waals surface area contributed by atoms with Crippen LogP contribution in [0.3, 0.4) is 0 Å². The fourth-order valence-electron chi connectivity index (χ4n) is 1.40. The number of carbonyl (C=O) groups excluding carboxylic acids is 2. The van der Waals surface area contributed by atoms with Crippen molar-refractivity contribution in [2.45, 2.75) is 59.3 Å². The first kappa shape index (κ1) is 15.1. The Morgan fingerprint density at radius 3 is 2.31 bits per heavy atom. The first-order valence-corrected chi connectivity index (χ1v) is 6.37. The van der Waals surface area contributed by atoms with Gasteiger partial charge in [0.1, 0.15) is 5.78 Å².